The number of nitrogens with two attached hydrogens (primary N) is 1. The molecule has 4 heteroatoms. The van der Waals surface area contributed by atoms with E-state index in [1.165, 1.54) is 0 Å². The zero-order chi connectivity index (χ0) is 12.9. The molecule has 2 aromatic heterocycles. The Bertz CT molecular complexity index is 759. The lowest BCUT2D eigenvalue weighted by molar-refractivity contribution is 0.479. The predicted molar refractivity (Wildman–Crippen MR) is 71.7 cm³/mol. The minimum Gasteiger partial charge on any atom is -0.506 e. The van der Waals surface area contributed by atoms with Gasteiger partial charge >= 0.3 is 0 Å². The molecule has 0 aliphatic rings. The van der Waals surface area contributed by atoms with Crippen LogP contribution in [0.1, 0.15) is 17.0 Å². The van der Waals surface area contributed by atoms with Gasteiger partial charge in [-0.1, -0.05) is 12.1 Å². The van der Waals surface area contributed by atoms with E-state index in [2.05, 4.69) is 4.98 Å². The van der Waals surface area contributed by atoms with E-state index in [1.54, 1.807) is 6.07 Å². The highest BCUT2D eigenvalue weighted by Crippen LogP contribution is 2.30. The second kappa shape index (κ2) is 3.71. The molecule has 0 atom stereocenters. The van der Waals surface area contributed by atoms with Crippen LogP contribution in [0.4, 0.5) is 0 Å². The maximum atomic E-state index is 10.1. The topological polar surface area (TPSA) is 63.5 Å². The molecule has 0 unspecified atom stereocenters. The fourth-order valence-corrected chi connectivity index (χ4v) is 2.53. The van der Waals surface area contributed by atoms with E-state index in [0.717, 1.165) is 33.5 Å². The molecule has 1 aromatic carbocycles. The molecule has 92 valence electrons. The van der Waals surface area contributed by atoms with Crippen molar-refractivity contribution in [1.82, 2.24) is 9.38 Å². The number of para-hydroxylation sites is 1. The first-order valence-electron chi connectivity index (χ1n) is 5.92. The van der Waals surface area contributed by atoms with Gasteiger partial charge in [0.25, 0.3) is 0 Å². The molecule has 3 aromatic rings. The Morgan fingerprint density at radius 2 is 2.11 bits per heavy atom. The fourth-order valence-electron chi connectivity index (χ4n) is 2.53. The van der Waals surface area contributed by atoms with Crippen LogP contribution in [0.25, 0.3) is 16.6 Å². The number of hydrogen-bond acceptors (Lipinski definition) is 3. The summed E-state index contributed by atoms with van der Waals surface area (Å²) in [5.41, 5.74) is 10.4. The third-order valence-corrected chi connectivity index (χ3v) is 3.40. The molecular weight excluding hydrogens is 226 g/mol. The summed E-state index contributed by atoms with van der Waals surface area (Å²) in [6.45, 7) is 4.36. The van der Waals surface area contributed by atoms with Crippen molar-refractivity contribution >= 4 is 16.6 Å². The summed E-state index contributed by atoms with van der Waals surface area (Å²) < 4.78 is 1.95. The molecule has 0 saturated carbocycles. The maximum Gasteiger partial charge on any atom is 0.140 e. The zero-order valence-electron chi connectivity index (χ0n) is 10.4. The standard InChI is InChI=1S/C14H15N3O/c1-8-6-13-16-9(2)11(7-15)17(13)14-10(8)4-3-5-12(14)18/h3-6,18H,7,15H2,1-2H3. The maximum absolute atomic E-state index is 10.1. The van der Waals surface area contributed by atoms with Crippen molar-refractivity contribution in [1.29, 1.82) is 0 Å². The summed E-state index contributed by atoms with van der Waals surface area (Å²) in [6, 6.07) is 7.56. The lowest BCUT2D eigenvalue weighted by Gasteiger charge is -2.09. The van der Waals surface area contributed by atoms with Crippen LogP contribution < -0.4 is 5.73 Å². The van der Waals surface area contributed by atoms with Gasteiger partial charge in [-0.25, -0.2) is 4.98 Å². The van der Waals surface area contributed by atoms with Crippen LogP contribution in [0.5, 0.6) is 5.75 Å². The van der Waals surface area contributed by atoms with Gasteiger partial charge in [0, 0.05) is 11.9 Å². The molecule has 0 aliphatic heterocycles. The first kappa shape index (κ1) is 11.0. The molecule has 3 rings (SSSR count). The van der Waals surface area contributed by atoms with Crippen LogP contribution in [-0.2, 0) is 6.54 Å². The van der Waals surface area contributed by atoms with E-state index >= 15 is 0 Å². The van der Waals surface area contributed by atoms with Crippen LogP contribution in [0.15, 0.2) is 24.3 Å². The first-order valence-corrected chi connectivity index (χ1v) is 5.92. The van der Waals surface area contributed by atoms with Crippen molar-refractivity contribution < 1.29 is 5.11 Å². The van der Waals surface area contributed by atoms with E-state index < -0.39 is 0 Å². The normalized spacial score (nSPS) is 11.5. The molecule has 0 saturated heterocycles. The number of phenols is 1. The molecule has 0 spiro atoms. The minimum absolute atomic E-state index is 0.258. The van der Waals surface area contributed by atoms with Gasteiger partial charge < -0.3 is 10.8 Å². The van der Waals surface area contributed by atoms with Gasteiger partial charge in [0.2, 0.25) is 0 Å². The van der Waals surface area contributed by atoms with Crippen molar-refractivity contribution in [2.75, 3.05) is 0 Å². The SMILES string of the molecule is Cc1nc2cc(C)c3cccc(O)c3n2c1CN. The quantitative estimate of drug-likeness (QED) is 0.687. The molecule has 18 heavy (non-hydrogen) atoms. The molecule has 0 amide bonds. The Hall–Kier alpha value is -2.07. The number of nitrogens with zero attached hydrogens (tertiary/aromatic N) is 2. The number of hydrogen-bond donors (Lipinski definition) is 2. The van der Waals surface area contributed by atoms with Crippen molar-refractivity contribution in [2.24, 2.45) is 5.73 Å². The van der Waals surface area contributed by atoms with Crippen LogP contribution in [-0.4, -0.2) is 14.5 Å². The molecule has 0 aliphatic carbocycles. The Kier molecular flexibility index (Phi) is 2.28. The highest BCUT2D eigenvalue weighted by atomic mass is 16.3. The van der Waals surface area contributed by atoms with Crippen LogP contribution in [0, 0.1) is 13.8 Å². The van der Waals surface area contributed by atoms with E-state index in [-0.39, 0.29) is 5.75 Å². The highest BCUT2D eigenvalue weighted by molar-refractivity contribution is 5.90. The third kappa shape index (κ3) is 1.32. The average Bonchev–Trinajstić information content (AvgIpc) is 2.65. The van der Waals surface area contributed by atoms with Crippen molar-refractivity contribution in [3.63, 3.8) is 0 Å². The summed E-state index contributed by atoms with van der Waals surface area (Å²) in [5, 5.41) is 11.2. The lowest BCUT2D eigenvalue weighted by Crippen LogP contribution is -2.03. The summed E-state index contributed by atoms with van der Waals surface area (Å²) in [5.74, 6) is 0.258. The summed E-state index contributed by atoms with van der Waals surface area (Å²) in [6.07, 6.45) is 0. The second-order valence-corrected chi connectivity index (χ2v) is 4.54. The van der Waals surface area contributed by atoms with Gasteiger partial charge in [0.05, 0.1) is 16.9 Å². The Morgan fingerprint density at radius 3 is 2.83 bits per heavy atom. The number of aromatic hydroxyl groups is 1. The second-order valence-electron chi connectivity index (χ2n) is 4.54. The van der Waals surface area contributed by atoms with E-state index in [0.29, 0.717) is 6.54 Å². The van der Waals surface area contributed by atoms with E-state index in [9.17, 15) is 5.11 Å². The molecule has 0 radical (unpaired) electrons. The van der Waals surface area contributed by atoms with Crippen molar-refractivity contribution in [2.45, 2.75) is 20.4 Å². The zero-order valence-corrected chi connectivity index (χ0v) is 10.4. The monoisotopic (exact) mass is 241 g/mol. The third-order valence-electron chi connectivity index (χ3n) is 3.40. The van der Waals surface area contributed by atoms with E-state index in [1.807, 2.05) is 36.4 Å². The Morgan fingerprint density at radius 1 is 1.33 bits per heavy atom. The molecular formula is C14H15N3O. The van der Waals surface area contributed by atoms with Gasteiger partial charge in [-0.3, -0.25) is 4.40 Å². The number of aromatic nitrogens is 2. The molecule has 2 heterocycles. The number of fused-ring (bicyclic) bond motifs is 3. The lowest BCUT2D eigenvalue weighted by atomic mass is 10.1. The Balaban J connectivity index is 2.65. The summed E-state index contributed by atoms with van der Waals surface area (Å²) >= 11 is 0. The smallest absolute Gasteiger partial charge is 0.140 e. The molecule has 0 fully saturated rings. The van der Waals surface area contributed by atoms with Gasteiger partial charge in [0.1, 0.15) is 11.4 Å². The predicted octanol–water partition coefficient (Wildman–Crippen LogP) is 2.27. The largest absolute Gasteiger partial charge is 0.506 e. The molecule has 4 nitrogen and oxygen atoms in total. The highest BCUT2D eigenvalue weighted by Gasteiger charge is 2.13. The molecule has 0 bridgehead atoms. The first-order chi connectivity index (χ1) is 8.63. The number of rotatable bonds is 1. The fraction of sp³-hybridized carbons (Fsp3) is 0.214. The minimum atomic E-state index is 0.258. The Labute approximate surface area is 105 Å². The van der Waals surface area contributed by atoms with Crippen molar-refractivity contribution in [3.05, 3.63) is 41.2 Å². The van der Waals surface area contributed by atoms with Gasteiger partial charge in [-0.2, -0.15) is 0 Å². The number of aryl methyl sites for hydroxylation is 2. The number of imidazole rings is 1. The number of benzene rings is 1. The molecule has 3 N–H and O–H groups in total. The number of phenolic OH excluding ortho intramolecular Hbond substituents is 1. The van der Waals surface area contributed by atoms with Crippen LogP contribution >= 0.6 is 0 Å². The van der Waals surface area contributed by atoms with Crippen molar-refractivity contribution in [3.8, 4) is 5.75 Å². The summed E-state index contributed by atoms with van der Waals surface area (Å²) in [7, 11) is 0. The van der Waals surface area contributed by atoms with Gasteiger partial charge in [0.15, 0.2) is 0 Å². The number of pyridine rings is 1. The van der Waals surface area contributed by atoms with Gasteiger partial charge in [-0.05, 0) is 31.5 Å². The van der Waals surface area contributed by atoms with Crippen LogP contribution in [0.2, 0.25) is 0 Å². The van der Waals surface area contributed by atoms with Crippen LogP contribution in [0.3, 0.4) is 0 Å². The average molecular weight is 241 g/mol. The van der Waals surface area contributed by atoms with E-state index in [4.69, 9.17) is 5.73 Å². The summed E-state index contributed by atoms with van der Waals surface area (Å²) in [4.78, 5) is 4.51. The van der Waals surface area contributed by atoms with Gasteiger partial charge in [-0.15, -0.1) is 0 Å².